The van der Waals surface area contributed by atoms with Gasteiger partial charge in [-0.1, -0.05) is 6.07 Å². The van der Waals surface area contributed by atoms with E-state index in [0.29, 0.717) is 46.2 Å². The predicted molar refractivity (Wildman–Crippen MR) is 140 cm³/mol. The number of nitrogens with one attached hydrogen (secondary N) is 2. The fourth-order valence-electron chi connectivity index (χ4n) is 3.97. The lowest BCUT2D eigenvalue weighted by Gasteiger charge is -2.15. The van der Waals surface area contributed by atoms with Crippen LogP contribution in [0.3, 0.4) is 0 Å². The van der Waals surface area contributed by atoms with Crippen molar-refractivity contribution in [2.45, 2.75) is 13.0 Å². The number of benzene rings is 2. The second kappa shape index (κ2) is 10.4. The number of hydrogen-bond acceptors (Lipinski definition) is 7. The van der Waals surface area contributed by atoms with E-state index in [1.165, 1.54) is 0 Å². The normalized spacial score (nSPS) is 11.7. The fraction of sp³-hybridized carbons (Fsp3) is 0.143. The number of phenols is 1. The summed E-state index contributed by atoms with van der Waals surface area (Å²) in [5, 5.41) is 13.5. The Bertz CT molecular complexity index is 1550. The molecule has 0 radical (unpaired) electrons. The van der Waals surface area contributed by atoms with Crippen molar-refractivity contribution in [1.29, 1.82) is 0 Å². The molecule has 2 aromatic carbocycles. The number of hydrogen-bond donors (Lipinski definition) is 3. The second-order valence-corrected chi connectivity index (χ2v) is 8.44. The van der Waals surface area contributed by atoms with Gasteiger partial charge in [0.05, 0.1) is 36.4 Å². The van der Waals surface area contributed by atoms with Crippen molar-refractivity contribution < 1.29 is 19.4 Å². The lowest BCUT2D eigenvalue weighted by Crippen LogP contribution is -2.33. The van der Waals surface area contributed by atoms with E-state index in [1.807, 2.05) is 31.2 Å². The Morgan fingerprint density at radius 3 is 2.76 bits per heavy atom. The Hall–Kier alpha value is -4.92. The van der Waals surface area contributed by atoms with Crippen LogP contribution in [0.15, 0.2) is 79.3 Å². The molecule has 0 aliphatic rings. The monoisotopic (exact) mass is 495 g/mol. The zero-order valence-electron chi connectivity index (χ0n) is 20.3. The molecule has 3 aromatic heterocycles. The molecular formula is C28H25N5O4. The summed E-state index contributed by atoms with van der Waals surface area (Å²) in [6, 6.07) is 17.8. The summed E-state index contributed by atoms with van der Waals surface area (Å²) in [5.74, 6) is 1.46. The number of aromatic amines is 1. The van der Waals surface area contributed by atoms with E-state index >= 15 is 0 Å². The molecule has 5 aromatic rings. The average Bonchev–Trinajstić information content (AvgIpc) is 3.36. The molecule has 5 rings (SSSR count). The first kappa shape index (κ1) is 23.8. The molecule has 1 atom stereocenters. The number of phenolic OH excluding ortho intramolecular Hbond substituents is 1. The molecule has 37 heavy (non-hydrogen) atoms. The highest BCUT2D eigenvalue weighted by atomic mass is 16.5. The topological polar surface area (TPSA) is 122 Å². The number of amides is 1. The quantitative estimate of drug-likeness (QED) is 0.288. The van der Waals surface area contributed by atoms with E-state index < -0.39 is 0 Å². The van der Waals surface area contributed by atoms with Gasteiger partial charge in [-0.05, 0) is 67.1 Å². The van der Waals surface area contributed by atoms with Gasteiger partial charge in [-0.15, -0.1) is 0 Å². The summed E-state index contributed by atoms with van der Waals surface area (Å²) in [4.78, 5) is 28.9. The molecule has 0 aliphatic heterocycles. The van der Waals surface area contributed by atoms with Crippen LogP contribution in [0.25, 0.3) is 33.5 Å². The Balaban J connectivity index is 1.35. The van der Waals surface area contributed by atoms with Crippen LogP contribution in [0.4, 0.5) is 0 Å². The minimum Gasteiger partial charge on any atom is -0.507 e. The predicted octanol–water partition coefficient (Wildman–Crippen LogP) is 4.60. The van der Waals surface area contributed by atoms with Gasteiger partial charge in [0.15, 0.2) is 0 Å². The molecule has 186 valence electrons. The van der Waals surface area contributed by atoms with Crippen LogP contribution in [0, 0.1) is 0 Å². The Morgan fingerprint density at radius 1 is 1.08 bits per heavy atom. The number of imidazole rings is 1. The summed E-state index contributed by atoms with van der Waals surface area (Å²) in [7, 11) is 1.56. The number of H-pyrrole nitrogens is 1. The maximum atomic E-state index is 12.8. The van der Waals surface area contributed by atoms with Gasteiger partial charge in [0.2, 0.25) is 5.88 Å². The molecule has 9 nitrogen and oxygen atoms in total. The van der Waals surface area contributed by atoms with E-state index in [4.69, 9.17) is 9.47 Å². The van der Waals surface area contributed by atoms with Crippen molar-refractivity contribution in [3.05, 3.63) is 84.8 Å². The SMILES string of the molecule is COc1ncccc1-c1ccc(O)c(-c2nc3ccc(C(=O)NCC(C)Oc4cccnc4)cc3[nH]2)c1. The molecule has 3 heterocycles. The van der Waals surface area contributed by atoms with E-state index in [1.54, 1.807) is 62.1 Å². The molecule has 3 N–H and O–H groups in total. The van der Waals surface area contributed by atoms with Crippen LogP contribution in [0.1, 0.15) is 17.3 Å². The minimum atomic E-state index is -0.232. The van der Waals surface area contributed by atoms with Crippen molar-refractivity contribution >= 4 is 16.9 Å². The lowest BCUT2D eigenvalue weighted by atomic mass is 10.0. The van der Waals surface area contributed by atoms with E-state index in [-0.39, 0.29) is 17.8 Å². The molecular weight excluding hydrogens is 470 g/mol. The van der Waals surface area contributed by atoms with Gasteiger partial charge >= 0.3 is 0 Å². The Labute approximate surface area is 213 Å². The molecule has 0 saturated heterocycles. The lowest BCUT2D eigenvalue weighted by molar-refractivity contribution is 0.0932. The highest BCUT2D eigenvalue weighted by molar-refractivity contribution is 5.97. The van der Waals surface area contributed by atoms with Gasteiger partial charge in [0, 0.05) is 23.5 Å². The average molecular weight is 496 g/mol. The zero-order valence-corrected chi connectivity index (χ0v) is 20.3. The van der Waals surface area contributed by atoms with Gasteiger partial charge in [-0.25, -0.2) is 9.97 Å². The molecule has 1 unspecified atom stereocenters. The number of aromatic hydroxyl groups is 1. The Morgan fingerprint density at radius 2 is 1.95 bits per heavy atom. The van der Waals surface area contributed by atoms with Gasteiger partial charge in [-0.2, -0.15) is 0 Å². The molecule has 0 fully saturated rings. The van der Waals surface area contributed by atoms with Crippen LogP contribution in [-0.4, -0.2) is 50.7 Å². The molecule has 0 bridgehead atoms. The second-order valence-electron chi connectivity index (χ2n) is 8.44. The number of carbonyl (C=O) groups is 1. The first-order chi connectivity index (χ1) is 18.0. The van der Waals surface area contributed by atoms with E-state index in [0.717, 1.165) is 11.1 Å². The van der Waals surface area contributed by atoms with Gasteiger partial charge in [-0.3, -0.25) is 9.78 Å². The van der Waals surface area contributed by atoms with E-state index in [9.17, 15) is 9.90 Å². The number of pyridine rings is 2. The van der Waals surface area contributed by atoms with Crippen molar-refractivity contribution in [3.63, 3.8) is 0 Å². The number of fused-ring (bicyclic) bond motifs is 1. The number of aromatic nitrogens is 4. The smallest absolute Gasteiger partial charge is 0.251 e. The maximum absolute atomic E-state index is 12.8. The number of methoxy groups -OCH3 is 1. The molecule has 9 heteroatoms. The summed E-state index contributed by atoms with van der Waals surface area (Å²) >= 11 is 0. The third-order valence-corrected chi connectivity index (χ3v) is 5.79. The molecule has 1 amide bonds. The first-order valence-corrected chi connectivity index (χ1v) is 11.7. The number of ether oxygens (including phenoxy) is 2. The third-order valence-electron chi connectivity index (χ3n) is 5.79. The van der Waals surface area contributed by atoms with Crippen molar-refractivity contribution in [1.82, 2.24) is 25.3 Å². The molecule has 0 saturated carbocycles. The van der Waals surface area contributed by atoms with E-state index in [2.05, 4.69) is 25.3 Å². The molecule has 0 spiro atoms. The summed E-state index contributed by atoms with van der Waals surface area (Å²) in [6.45, 7) is 2.21. The van der Waals surface area contributed by atoms with Crippen molar-refractivity contribution in [3.8, 4) is 39.9 Å². The van der Waals surface area contributed by atoms with Crippen LogP contribution in [0.5, 0.6) is 17.4 Å². The fourth-order valence-corrected chi connectivity index (χ4v) is 3.97. The van der Waals surface area contributed by atoms with Crippen LogP contribution in [-0.2, 0) is 0 Å². The van der Waals surface area contributed by atoms with Gasteiger partial charge in [0.25, 0.3) is 5.91 Å². The van der Waals surface area contributed by atoms with Gasteiger partial charge in [0.1, 0.15) is 23.4 Å². The van der Waals surface area contributed by atoms with Gasteiger partial charge < -0.3 is 24.9 Å². The summed E-state index contributed by atoms with van der Waals surface area (Å²) < 4.78 is 11.1. The van der Waals surface area contributed by atoms with Crippen molar-refractivity contribution in [2.75, 3.05) is 13.7 Å². The number of carbonyl (C=O) groups excluding carboxylic acids is 1. The summed E-state index contributed by atoms with van der Waals surface area (Å²) in [6.07, 6.45) is 4.73. The number of rotatable bonds is 8. The van der Waals surface area contributed by atoms with Crippen molar-refractivity contribution in [2.24, 2.45) is 0 Å². The standard InChI is InChI=1S/C28H25N5O4/c1-17(37-20-5-3-11-29-16-20)15-31-27(35)19-7-9-23-24(14-19)33-26(32-23)22-13-18(8-10-25(22)34)21-6-4-12-30-28(21)36-2/h3-14,16-17,34H,15H2,1-2H3,(H,31,35)(H,32,33). The summed E-state index contributed by atoms with van der Waals surface area (Å²) in [5.41, 5.74) is 3.96. The molecule has 0 aliphatic carbocycles. The zero-order chi connectivity index (χ0) is 25.8. The highest BCUT2D eigenvalue weighted by Crippen LogP contribution is 2.35. The minimum absolute atomic E-state index is 0.0752. The van der Waals surface area contributed by atoms with Crippen LogP contribution >= 0.6 is 0 Å². The third kappa shape index (κ3) is 5.20. The Kier molecular flexibility index (Phi) is 6.67. The van der Waals surface area contributed by atoms with Crippen LogP contribution in [0.2, 0.25) is 0 Å². The van der Waals surface area contributed by atoms with Crippen LogP contribution < -0.4 is 14.8 Å². The number of nitrogens with zero attached hydrogens (tertiary/aromatic N) is 3. The highest BCUT2D eigenvalue weighted by Gasteiger charge is 2.15. The largest absolute Gasteiger partial charge is 0.507 e. The first-order valence-electron chi connectivity index (χ1n) is 11.7. The maximum Gasteiger partial charge on any atom is 0.251 e.